The lowest BCUT2D eigenvalue weighted by Crippen LogP contribution is -2.58. The maximum absolute atomic E-state index is 13.1. The molecule has 1 aliphatic heterocycles. The van der Waals surface area contributed by atoms with Crippen LogP contribution in [0.1, 0.15) is 42.3 Å². The summed E-state index contributed by atoms with van der Waals surface area (Å²) < 4.78 is 15.1. The number of aliphatic hydroxyl groups excluding tert-OH is 1. The number of aliphatic hydroxyl groups is 1. The number of alkyl carbamates (subject to hydrolysis) is 1. The predicted molar refractivity (Wildman–Crippen MR) is 137 cm³/mol. The molecule has 216 valence electrons. The van der Waals surface area contributed by atoms with Crippen LogP contribution in [0.3, 0.4) is 0 Å². The zero-order valence-electron chi connectivity index (χ0n) is 22.2. The van der Waals surface area contributed by atoms with Gasteiger partial charge in [0.2, 0.25) is 11.8 Å². The third-order valence-electron chi connectivity index (χ3n) is 5.38. The monoisotopic (exact) mass is 571 g/mol. The number of benzene rings is 1. The number of ether oxygens (including phenoxy) is 3. The van der Waals surface area contributed by atoms with Crippen molar-refractivity contribution in [3.63, 3.8) is 0 Å². The first-order chi connectivity index (χ1) is 18.2. The summed E-state index contributed by atoms with van der Waals surface area (Å²) in [6.07, 6.45) is -0.999. The van der Waals surface area contributed by atoms with Gasteiger partial charge in [0.25, 0.3) is 0 Å². The van der Waals surface area contributed by atoms with E-state index in [-0.39, 0.29) is 39.7 Å². The summed E-state index contributed by atoms with van der Waals surface area (Å²) >= 11 is 1.08. The maximum atomic E-state index is 13.1. The Morgan fingerprint density at radius 2 is 1.90 bits per heavy atom. The lowest BCUT2D eigenvalue weighted by Gasteiger charge is -2.26. The fourth-order valence-corrected chi connectivity index (χ4v) is 4.49. The van der Waals surface area contributed by atoms with E-state index in [1.807, 2.05) is 0 Å². The average molecular weight is 572 g/mol. The first kappa shape index (κ1) is 31.5. The number of rotatable bonds is 5. The molecule has 14 nitrogen and oxygen atoms in total. The Balaban J connectivity index is 2.37. The summed E-state index contributed by atoms with van der Waals surface area (Å²) in [6.45, 7) is 4.63. The second kappa shape index (κ2) is 13.4. The standard InChI is InChI=1S/C24H33N3O11S/c1-11-16(29)6-17(30)12-9-39-10-15(21(33)36-5)26-20(32)14(8-37-22(34)18(11)12)25-19(31)13(7-28)27-23(35)38-24(2,3)4/h6,13-15,28-30H,7-10H2,1-5H3,(H,25,31)(H,26,32)(H,27,35)/t13-,14-,15-/m0/s1. The largest absolute Gasteiger partial charge is 0.508 e. The van der Waals surface area contributed by atoms with E-state index in [0.29, 0.717) is 0 Å². The molecule has 2 rings (SSSR count). The number of hydrogen-bond acceptors (Lipinski definition) is 12. The number of nitrogens with one attached hydrogen (secondary N) is 3. The maximum Gasteiger partial charge on any atom is 0.408 e. The Bertz CT molecular complexity index is 1120. The second-order valence-corrected chi connectivity index (χ2v) is 10.6. The molecule has 15 heteroatoms. The predicted octanol–water partition coefficient (Wildman–Crippen LogP) is -0.162. The summed E-state index contributed by atoms with van der Waals surface area (Å²) in [7, 11) is 1.12. The van der Waals surface area contributed by atoms with Crippen LogP contribution in [0.25, 0.3) is 0 Å². The van der Waals surface area contributed by atoms with Crippen molar-refractivity contribution in [3.05, 3.63) is 22.8 Å². The average Bonchev–Trinajstić information content (AvgIpc) is 2.84. The van der Waals surface area contributed by atoms with Gasteiger partial charge >= 0.3 is 18.0 Å². The van der Waals surface area contributed by atoms with Crippen molar-refractivity contribution in [3.8, 4) is 11.5 Å². The Hall–Kier alpha value is -3.72. The number of phenolic OH excluding ortho intramolecular Hbond substituents is 2. The van der Waals surface area contributed by atoms with Gasteiger partial charge in [-0.2, -0.15) is 11.8 Å². The number of thioether (sulfide) groups is 1. The molecule has 3 atom stereocenters. The van der Waals surface area contributed by atoms with Gasteiger partial charge in [-0.25, -0.2) is 14.4 Å². The van der Waals surface area contributed by atoms with E-state index in [1.165, 1.54) is 6.92 Å². The van der Waals surface area contributed by atoms with Crippen molar-refractivity contribution >= 4 is 41.6 Å². The summed E-state index contributed by atoms with van der Waals surface area (Å²) in [5.74, 6) is -4.47. The molecular formula is C24H33N3O11S. The van der Waals surface area contributed by atoms with Crippen molar-refractivity contribution in [1.29, 1.82) is 0 Å². The van der Waals surface area contributed by atoms with E-state index in [2.05, 4.69) is 16.0 Å². The number of esters is 2. The molecule has 0 aliphatic carbocycles. The summed E-state index contributed by atoms with van der Waals surface area (Å²) in [5.41, 5.74) is -0.777. The normalized spacial score (nSPS) is 19.1. The van der Waals surface area contributed by atoms with Crippen LogP contribution in [0.4, 0.5) is 4.79 Å². The molecule has 1 aromatic rings. The van der Waals surface area contributed by atoms with Crippen LogP contribution in [0.2, 0.25) is 0 Å². The van der Waals surface area contributed by atoms with Crippen LogP contribution < -0.4 is 16.0 Å². The molecule has 0 spiro atoms. The Morgan fingerprint density at radius 3 is 2.49 bits per heavy atom. The van der Waals surface area contributed by atoms with E-state index >= 15 is 0 Å². The number of phenols is 2. The fraction of sp³-hybridized carbons (Fsp3) is 0.542. The van der Waals surface area contributed by atoms with Crippen molar-refractivity contribution < 1.29 is 53.5 Å². The number of carbonyl (C=O) groups excluding carboxylic acids is 5. The third kappa shape index (κ3) is 8.64. The van der Waals surface area contributed by atoms with Gasteiger partial charge in [0.1, 0.15) is 41.8 Å². The van der Waals surface area contributed by atoms with E-state index < -0.39 is 66.8 Å². The Kier molecular flexibility index (Phi) is 10.8. The summed E-state index contributed by atoms with van der Waals surface area (Å²) in [4.78, 5) is 63.3. The SMILES string of the molecule is COC(=O)[C@@H]1CSCc2c(O)cc(O)c(C)c2C(=O)OC[C@H](NC(=O)[C@H](CO)NC(=O)OC(C)(C)C)C(=O)N1. The van der Waals surface area contributed by atoms with Crippen molar-refractivity contribution in [1.82, 2.24) is 16.0 Å². The quantitative estimate of drug-likeness (QED) is 0.201. The second-order valence-electron chi connectivity index (χ2n) is 9.53. The smallest absolute Gasteiger partial charge is 0.408 e. The highest BCUT2D eigenvalue weighted by Gasteiger charge is 2.33. The van der Waals surface area contributed by atoms with Crippen molar-refractivity contribution in [2.75, 3.05) is 26.1 Å². The number of cyclic esters (lactones) is 1. The topological polar surface area (TPSA) is 210 Å². The van der Waals surface area contributed by atoms with Crippen molar-refractivity contribution in [2.24, 2.45) is 0 Å². The van der Waals surface area contributed by atoms with Crippen molar-refractivity contribution in [2.45, 2.75) is 57.2 Å². The fourth-order valence-electron chi connectivity index (χ4n) is 3.42. The highest BCUT2D eigenvalue weighted by Crippen LogP contribution is 2.35. The highest BCUT2D eigenvalue weighted by molar-refractivity contribution is 7.98. The Labute approximate surface area is 228 Å². The van der Waals surface area contributed by atoms with Crippen LogP contribution in [-0.4, -0.2) is 95.0 Å². The molecular weight excluding hydrogens is 538 g/mol. The first-order valence-electron chi connectivity index (χ1n) is 11.8. The van der Waals surface area contributed by atoms with Gasteiger partial charge in [0.15, 0.2) is 0 Å². The van der Waals surface area contributed by atoms with Gasteiger partial charge < -0.3 is 45.5 Å². The van der Waals surface area contributed by atoms with Gasteiger partial charge in [-0.3, -0.25) is 9.59 Å². The summed E-state index contributed by atoms with van der Waals surface area (Å²) in [5, 5.41) is 37.0. The minimum Gasteiger partial charge on any atom is -0.508 e. The van der Waals surface area contributed by atoms with E-state index in [9.17, 15) is 39.3 Å². The molecule has 1 aliphatic rings. The van der Waals surface area contributed by atoms with Crippen LogP contribution in [-0.2, 0) is 34.3 Å². The number of hydrogen-bond donors (Lipinski definition) is 6. The Morgan fingerprint density at radius 1 is 1.23 bits per heavy atom. The zero-order chi connectivity index (χ0) is 29.5. The first-order valence-corrected chi connectivity index (χ1v) is 12.9. The molecule has 6 N–H and O–H groups in total. The molecule has 0 unspecified atom stereocenters. The number of aromatic hydroxyl groups is 2. The van der Waals surface area contributed by atoms with Gasteiger partial charge in [-0.05, 0) is 27.7 Å². The van der Waals surface area contributed by atoms with Gasteiger partial charge in [0.05, 0.1) is 19.3 Å². The minimum atomic E-state index is -1.58. The van der Waals surface area contributed by atoms with Gasteiger partial charge in [0, 0.05) is 28.7 Å². The molecule has 0 aromatic heterocycles. The van der Waals surface area contributed by atoms with Crippen LogP contribution in [0.5, 0.6) is 11.5 Å². The van der Waals surface area contributed by atoms with E-state index in [4.69, 9.17) is 14.2 Å². The van der Waals surface area contributed by atoms with Gasteiger partial charge in [-0.1, -0.05) is 0 Å². The molecule has 0 saturated carbocycles. The zero-order valence-corrected chi connectivity index (χ0v) is 23.0. The molecule has 39 heavy (non-hydrogen) atoms. The minimum absolute atomic E-state index is 0.0232. The molecule has 0 saturated heterocycles. The lowest BCUT2D eigenvalue weighted by molar-refractivity contribution is -0.144. The summed E-state index contributed by atoms with van der Waals surface area (Å²) in [6, 6.07) is -3.22. The lowest BCUT2D eigenvalue weighted by atomic mass is 10.0. The highest BCUT2D eigenvalue weighted by atomic mass is 32.2. The van der Waals surface area contributed by atoms with E-state index in [0.717, 1.165) is 24.9 Å². The van der Waals surface area contributed by atoms with Crippen LogP contribution in [0.15, 0.2) is 6.07 Å². The van der Waals surface area contributed by atoms with E-state index in [1.54, 1.807) is 20.8 Å². The van der Waals surface area contributed by atoms with Gasteiger partial charge in [-0.15, -0.1) is 0 Å². The number of methoxy groups -OCH3 is 1. The molecule has 0 bridgehead atoms. The molecule has 1 aromatic carbocycles. The number of carbonyl (C=O) groups is 5. The molecule has 1 heterocycles. The number of amides is 3. The molecule has 0 radical (unpaired) electrons. The van der Waals surface area contributed by atoms with Crippen LogP contribution >= 0.6 is 11.8 Å². The number of fused-ring (bicyclic) bond motifs is 1. The molecule has 0 fully saturated rings. The third-order valence-corrected chi connectivity index (χ3v) is 6.45. The van der Waals surface area contributed by atoms with Crippen LogP contribution in [0, 0.1) is 6.92 Å². The molecule has 3 amide bonds.